The Balaban J connectivity index is 2.40. The lowest BCUT2D eigenvalue weighted by Crippen LogP contribution is -2.11. The molecular formula is C17H29NO2. The van der Waals surface area contributed by atoms with Crippen LogP contribution in [0.3, 0.4) is 0 Å². The van der Waals surface area contributed by atoms with Crippen LogP contribution < -0.4 is 14.8 Å². The zero-order chi connectivity index (χ0) is 14.6. The molecule has 0 aliphatic rings. The van der Waals surface area contributed by atoms with E-state index < -0.39 is 0 Å². The van der Waals surface area contributed by atoms with E-state index in [1.165, 1.54) is 31.2 Å². The van der Waals surface area contributed by atoms with Gasteiger partial charge in [0.25, 0.3) is 0 Å². The number of nitrogens with one attached hydrogen (secondary N) is 1. The molecule has 1 N–H and O–H groups in total. The topological polar surface area (TPSA) is 30.5 Å². The fraction of sp³-hybridized carbons (Fsp3) is 0.647. The Kier molecular flexibility index (Phi) is 8.88. The van der Waals surface area contributed by atoms with Crippen LogP contribution in [0.1, 0.15) is 51.5 Å². The smallest absolute Gasteiger partial charge is 0.161 e. The van der Waals surface area contributed by atoms with Gasteiger partial charge < -0.3 is 14.8 Å². The van der Waals surface area contributed by atoms with Gasteiger partial charge in [-0.25, -0.2) is 0 Å². The van der Waals surface area contributed by atoms with Crippen molar-refractivity contribution in [3.63, 3.8) is 0 Å². The molecule has 0 fully saturated rings. The van der Waals surface area contributed by atoms with Gasteiger partial charge in [-0.15, -0.1) is 0 Å². The molecule has 0 radical (unpaired) electrons. The summed E-state index contributed by atoms with van der Waals surface area (Å²) in [4.78, 5) is 0. The number of hydrogen-bond donors (Lipinski definition) is 1. The van der Waals surface area contributed by atoms with Gasteiger partial charge in [0.1, 0.15) is 0 Å². The van der Waals surface area contributed by atoms with Gasteiger partial charge in [-0.3, -0.25) is 0 Å². The van der Waals surface area contributed by atoms with Crippen LogP contribution in [0, 0.1) is 0 Å². The van der Waals surface area contributed by atoms with Crippen LogP contribution in [0.25, 0.3) is 0 Å². The molecule has 0 spiro atoms. The average molecular weight is 279 g/mol. The number of ether oxygens (including phenoxy) is 2. The third kappa shape index (κ3) is 6.29. The monoisotopic (exact) mass is 279 g/mol. The molecule has 3 nitrogen and oxygen atoms in total. The lowest BCUT2D eigenvalue weighted by Gasteiger charge is -2.12. The second kappa shape index (κ2) is 10.6. The highest BCUT2D eigenvalue weighted by Gasteiger charge is 2.05. The van der Waals surface area contributed by atoms with Crippen LogP contribution in [0.2, 0.25) is 0 Å². The van der Waals surface area contributed by atoms with Gasteiger partial charge in [-0.05, 0) is 30.7 Å². The van der Waals surface area contributed by atoms with Crippen molar-refractivity contribution >= 4 is 0 Å². The van der Waals surface area contributed by atoms with Crippen molar-refractivity contribution in [1.29, 1.82) is 0 Å². The van der Waals surface area contributed by atoms with E-state index in [2.05, 4.69) is 31.3 Å². The van der Waals surface area contributed by atoms with Crippen molar-refractivity contribution < 1.29 is 9.47 Å². The number of unbranched alkanes of at least 4 members (excludes halogenated alkanes) is 4. The molecule has 0 atom stereocenters. The van der Waals surface area contributed by atoms with Crippen molar-refractivity contribution in [2.75, 3.05) is 20.3 Å². The summed E-state index contributed by atoms with van der Waals surface area (Å²) in [6, 6.07) is 6.16. The summed E-state index contributed by atoms with van der Waals surface area (Å²) >= 11 is 0. The summed E-state index contributed by atoms with van der Waals surface area (Å²) < 4.78 is 11.2. The van der Waals surface area contributed by atoms with Gasteiger partial charge in [0.05, 0.1) is 13.7 Å². The van der Waals surface area contributed by atoms with Crippen molar-refractivity contribution in [1.82, 2.24) is 5.32 Å². The molecule has 20 heavy (non-hydrogen) atoms. The van der Waals surface area contributed by atoms with E-state index in [1.54, 1.807) is 7.11 Å². The first-order valence-electron chi connectivity index (χ1n) is 7.82. The number of methoxy groups -OCH3 is 1. The highest BCUT2D eigenvalue weighted by Crippen LogP contribution is 2.28. The number of hydrogen-bond acceptors (Lipinski definition) is 3. The largest absolute Gasteiger partial charge is 0.493 e. The Morgan fingerprint density at radius 3 is 2.50 bits per heavy atom. The molecule has 0 unspecified atom stereocenters. The number of benzene rings is 1. The maximum Gasteiger partial charge on any atom is 0.161 e. The first-order valence-corrected chi connectivity index (χ1v) is 7.82. The molecule has 0 saturated heterocycles. The predicted octanol–water partition coefficient (Wildman–Crippen LogP) is 4.15. The zero-order valence-electron chi connectivity index (χ0n) is 13.2. The maximum atomic E-state index is 5.82. The molecule has 0 aliphatic carbocycles. The van der Waals surface area contributed by atoms with Gasteiger partial charge in [0.15, 0.2) is 11.5 Å². The molecule has 0 heterocycles. The summed E-state index contributed by atoms with van der Waals surface area (Å²) in [5.41, 5.74) is 1.22. The lowest BCUT2D eigenvalue weighted by atomic mass is 10.1. The van der Waals surface area contributed by atoms with Crippen LogP contribution in [-0.2, 0) is 6.54 Å². The summed E-state index contributed by atoms with van der Waals surface area (Å²) in [5, 5.41) is 3.31. The van der Waals surface area contributed by atoms with Gasteiger partial charge in [-0.1, -0.05) is 45.6 Å². The van der Waals surface area contributed by atoms with E-state index in [0.29, 0.717) is 0 Å². The predicted molar refractivity (Wildman–Crippen MR) is 84.6 cm³/mol. The molecule has 114 valence electrons. The van der Waals surface area contributed by atoms with Gasteiger partial charge in [-0.2, -0.15) is 0 Å². The highest BCUT2D eigenvalue weighted by atomic mass is 16.5. The maximum absolute atomic E-state index is 5.82. The standard InChI is InChI=1S/C17H29NO2/c1-4-6-7-8-9-12-20-16-11-10-15(14-18-5-2)13-17(16)19-3/h10-11,13,18H,4-9,12,14H2,1-3H3. The molecule has 0 saturated carbocycles. The van der Waals surface area contributed by atoms with E-state index in [-0.39, 0.29) is 0 Å². The summed E-state index contributed by atoms with van der Waals surface area (Å²) in [6.45, 7) is 6.94. The summed E-state index contributed by atoms with van der Waals surface area (Å²) in [6.07, 6.45) is 6.26. The third-order valence-corrected chi connectivity index (χ3v) is 3.31. The van der Waals surface area contributed by atoms with Crippen LogP contribution in [0.4, 0.5) is 0 Å². The van der Waals surface area contributed by atoms with Gasteiger partial charge >= 0.3 is 0 Å². The van der Waals surface area contributed by atoms with E-state index >= 15 is 0 Å². The normalized spacial score (nSPS) is 10.6. The number of rotatable bonds is 11. The van der Waals surface area contributed by atoms with E-state index in [9.17, 15) is 0 Å². The van der Waals surface area contributed by atoms with Crippen molar-refractivity contribution in [2.24, 2.45) is 0 Å². The highest BCUT2D eigenvalue weighted by molar-refractivity contribution is 5.42. The fourth-order valence-electron chi connectivity index (χ4n) is 2.10. The van der Waals surface area contributed by atoms with Crippen LogP contribution in [0.15, 0.2) is 18.2 Å². The second-order valence-corrected chi connectivity index (χ2v) is 5.03. The minimum Gasteiger partial charge on any atom is -0.493 e. The minimum atomic E-state index is 0.770. The Bertz CT molecular complexity index is 366. The molecule has 0 bridgehead atoms. The summed E-state index contributed by atoms with van der Waals surface area (Å²) in [7, 11) is 1.69. The SMILES string of the molecule is CCCCCCCOc1ccc(CNCC)cc1OC. The Labute approximate surface area is 123 Å². The molecule has 0 aliphatic heterocycles. The Hall–Kier alpha value is -1.22. The fourth-order valence-corrected chi connectivity index (χ4v) is 2.10. The molecule has 1 rings (SSSR count). The van der Waals surface area contributed by atoms with Gasteiger partial charge in [0.2, 0.25) is 0 Å². The van der Waals surface area contributed by atoms with E-state index in [4.69, 9.17) is 9.47 Å². The molecule has 3 heteroatoms. The summed E-state index contributed by atoms with van der Waals surface area (Å²) in [5.74, 6) is 1.68. The molecule has 1 aromatic rings. The second-order valence-electron chi connectivity index (χ2n) is 5.03. The van der Waals surface area contributed by atoms with E-state index in [0.717, 1.165) is 37.6 Å². The van der Waals surface area contributed by atoms with Crippen LogP contribution in [-0.4, -0.2) is 20.3 Å². The van der Waals surface area contributed by atoms with Crippen LogP contribution in [0.5, 0.6) is 11.5 Å². The average Bonchev–Trinajstić information content (AvgIpc) is 2.49. The van der Waals surface area contributed by atoms with Crippen molar-refractivity contribution in [3.8, 4) is 11.5 Å². The molecule has 0 aromatic heterocycles. The van der Waals surface area contributed by atoms with E-state index in [1.807, 2.05) is 6.07 Å². The molecule has 1 aromatic carbocycles. The molecular weight excluding hydrogens is 250 g/mol. The lowest BCUT2D eigenvalue weighted by molar-refractivity contribution is 0.284. The first kappa shape index (κ1) is 16.8. The van der Waals surface area contributed by atoms with Crippen molar-refractivity contribution in [2.45, 2.75) is 52.5 Å². The third-order valence-electron chi connectivity index (χ3n) is 3.31. The Morgan fingerprint density at radius 2 is 1.80 bits per heavy atom. The minimum absolute atomic E-state index is 0.770. The quantitative estimate of drug-likeness (QED) is 0.617. The van der Waals surface area contributed by atoms with Crippen molar-refractivity contribution in [3.05, 3.63) is 23.8 Å². The zero-order valence-corrected chi connectivity index (χ0v) is 13.2. The van der Waals surface area contributed by atoms with Crippen LogP contribution >= 0.6 is 0 Å². The first-order chi connectivity index (χ1) is 9.81. The Morgan fingerprint density at radius 1 is 1.00 bits per heavy atom. The molecule has 0 amide bonds. The van der Waals surface area contributed by atoms with Gasteiger partial charge in [0, 0.05) is 6.54 Å².